The smallest absolute Gasteiger partial charge is 0.111 e. The summed E-state index contributed by atoms with van der Waals surface area (Å²) in [7, 11) is 0.128. The van der Waals surface area contributed by atoms with Crippen molar-refractivity contribution in [3.05, 3.63) is 0 Å². The lowest BCUT2D eigenvalue weighted by atomic mass is 10.4. The Hall–Kier alpha value is -0.626. The van der Waals surface area contributed by atoms with E-state index in [0.29, 0.717) is 12.8 Å². The highest BCUT2D eigenvalue weighted by molar-refractivity contribution is 6.83. The first-order valence-electron chi connectivity index (χ1n) is 6.40. The molecule has 0 aliphatic carbocycles. The average molecular weight is 268 g/mol. The summed E-state index contributed by atoms with van der Waals surface area (Å²) in [5.74, 6) is 0. The molecule has 0 aromatic rings. The van der Waals surface area contributed by atoms with E-state index in [0.717, 1.165) is 12.8 Å². The van der Waals surface area contributed by atoms with E-state index in [4.69, 9.17) is 10.5 Å². The third-order valence-corrected chi connectivity index (χ3v) is 12.0. The molecule has 96 valence electrons. The Morgan fingerprint density at radius 3 is 1.71 bits per heavy atom. The quantitative estimate of drug-likeness (QED) is 0.501. The second-order valence-electron chi connectivity index (χ2n) is 5.54. The zero-order chi connectivity index (χ0) is 13.3. The van der Waals surface area contributed by atoms with Crippen molar-refractivity contribution in [3.63, 3.8) is 0 Å². The minimum Gasteiger partial charge on any atom is -0.351 e. The summed E-state index contributed by atoms with van der Waals surface area (Å²) in [6, 6.07) is 6.91. The SMILES string of the molecule is CN([SiH](CCCC#N)CCCC#N)[Si](C)(C)C. The Morgan fingerprint density at radius 1 is 1.00 bits per heavy atom. The predicted molar refractivity (Wildman–Crippen MR) is 77.6 cm³/mol. The van der Waals surface area contributed by atoms with Gasteiger partial charge in [0.1, 0.15) is 17.2 Å². The van der Waals surface area contributed by atoms with Crippen LogP contribution in [0.25, 0.3) is 0 Å². The molecule has 0 bridgehead atoms. The second kappa shape index (κ2) is 8.46. The van der Waals surface area contributed by atoms with Gasteiger partial charge in [-0.05, 0) is 32.0 Å². The van der Waals surface area contributed by atoms with E-state index in [2.05, 4.69) is 43.1 Å². The Kier molecular flexibility index (Phi) is 8.15. The molecule has 0 spiro atoms. The van der Waals surface area contributed by atoms with Gasteiger partial charge in [-0.1, -0.05) is 19.6 Å². The van der Waals surface area contributed by atoms with Crippen LogP contribution in [0, 0.1) is 22.7 Å². The first-order valence-corrected chi connectivity index (χ1v) is 12.0. The van der Waals surface area contributed by atoms with E-state index in [-0.39, 0.29) is 0 Å². The average Bonchev–Trinajstić information content (AvgIpc) is 2.25. The number of nitriles is 2. The molecule has 0 aromatic heterocycles. The molecule has 0 unspecified atom stereocenters. The molecule has 5 heteroatoms. The Bertz CT molecular complexity index is 266. The molecule has 0 heterocycles. The normalized spacial score (nSPS) is 11.5. The van der Waals surface area contributed by atoms with Crippen molar-refractivity contribution < 1.29 is 0 Å². The fourth-order valence-corrected chi connectivity index (χ4v) is 9.48. The number of nitrogens with zero attached hydrogens (tertiary/aromatic N) is 3. The second-order valence-corrected chi connectivity index (χ2v) is 14.3. The Balaban J connectivity index is 4.29. The molecule has 0 radical (unpaired) electrons. The maximum Gasteiger partial charge on any atom is 0.111 e. The topological polar surface area (TPSA) is 50.8 Å². The van der Waals surface area contributed by atoms with Crippen molar-refractivity contribution in [3.8, 4) is 12.1 Å². The molecule has 0 atom stereocenters. The molecule has 17 heavy (non-hydrogen) atoms. The summed E-state index contributed by atoms with van der Waals surface area (Å²) < 4.78 is 2.65. The van der Waals surface area contributed by atoms with E-state index in [9.17, 15) is 0 Å². The minimum absolute atomic E-state index is 0.682. The molecular weight excluding hydrogens is 242 g/mol. The predicted octanol–water partition coefficient (Wildman–Crippen LogP) is 3.08. The van der Waals surface area contributed by atoms with Crippen LogP contribution in [0.1, 0.15) is 25.7 Å². The van der Waals surface area contributed by atoms with Crippen LogP contribution in [0.2, 0.25) is 31.7 Å². The van der Waals surface area contributed by atoms with Gasteiger partial charge in [-0.2, -0.15) is 10.5 Å². The lowest BCUT2D eigenvalue weighted by Crippen LogP contribution is -2.51. The van der Waals surface area contributed by atoms with E-state index in [1.807, 2.05) is 0 Å². The van der Waals surface area contributed by atoms with E-state index in [1.165, 1.54) is 12.1 Å². The maximum atomic E-state index is 8.61. The molecule has 0 fully saturated rings. The first-order chi connectivity index (χ1) is 7.93. The fraction of sp³-hybridized carbons (Fsp3) is 0.833. The van der Waals surface area contributed by atoms with Gasteiger partial charge in [0.05, 0.1) is 12.1 Å². The monoisotopic (exact) mass is 267 g/mol. The van der Waals surface area contributed by atoms with Gasteiger partial charge in [0.2, 0.25) is 0 Å². The summed E-state index contributed by atoms with van der Waals surface area (Å²) in [5, 5.41) is 17.2. The lowest BCUT2D eigenvalue weighted by molar-refractivity contribution is 0.733. The van der Waals surface area contributed by atoms with Gasteiger partial charge in [-0.15, -0.1) is 0 Å². The van der Waals surface area contributed by atoms with Crippen molar-refractivity contribution in [2.75, 3.05) is 7.05 Å². The number of unbranched alkanes of at least 4 members (excludes halogenated alkanes) is 2. The van der Waals surface area contributed by atoms with Gasteiger partial charge in [-0.25, -0.2) is 0 Å². The number of rotatable bonds is 8. The summed E-state index contributed by atoms with van der Waals surface area (Å²) >= 11 is 0. The molecule has 0 aromatic carbocycles. The summed E-state index contributed by atoms with van der Waals surface area (Å²) in [4.78, 5) is 0. The fourth-order valence-electron chi connectivity index (χ4n) is 1.91. The van der Waals surface area contributed by atoms with Crippen molar-refractivity contribution in [1.29, 1.82) is 10.5 Å². The molecular formula is C12H25N3Si2. The molecule has 0 aliphatic rings. The number of hydrogen-bond acceptors (Lipinski definition) is 3. The first kappa shape index (κ1) is 16.4. The van der Waals surface area contributed by atoms with Gasteiger partial charge in [-0.3, -0.25) is 0 Å². The van der Waals surface area contributed by atoms with Crippen molar-refractivity contribution in [2.24, 2.45) is 0 Å². The molecule has 0 N–H and O–H groups in total. The minimum atomic E-state index is -1.21. The van der Waals surface area contributed by atoms with Gasteiger partial charge < -0.3 is 4.23 Å². The Morgan fingerprint density at radius 2 is 1.41 bits per heavy atom. The zero-order valence-corrected chi connectivity index (χ0v) is 13.8. The molecule has 0 saturated heterocycles. The maximum absolute atomic E-state index is 8.61. The van der Waals surface area contributed by atoms with E-state index < -0.39 is 17.2 Å². The van der Waals surface area contributed by atoms with Gasteiger partial charge in [0.25, 0.3) is 0 Å². The third-order valence-electron chi connectivity index (χ3n) is 3.26. The number of hydrogen-bond donors (Lipinski definition) is 0. The summed E-state index contributed by atoms with van der Waals surface area (Å²) in [5.41, 5.74) is 0. The van der Waals surface area contributed by atoms with Crippen LogP contribution in [-0.2, 0) is 0 Å². The zero-order valence-electron chi connectivity index (χ0n) is 11.7. The van der Waals surface area contributed by atoms with Gasteiger partial charge in [0, 0.05) is 12.8 Å². The molecule has 0 rings (SSSR count). The van der Waals surface area contributed by atoms with Crippen LogP contribution in [0.4, 0.5) is 0 Å². The van der Waals surface area contributed by atoms with Crippen molar-refractivity contribution in [2.45, 2.75) is 57.4 Å². The standard InChI is InChI=1S/C12H25N3Si2/c1-15(17(2,3)4)16(11-7-5-9-13)12-8-6-10-14/h16H,5-8,11-12H2,1-4H3. The van der Waals surface area contributed by atoms with Crippen molar-refractivity contribution in [1.82, 2.24) is 4.23 Å². The molecule has 0 amide bonds. The van der Waals surface area contributed by atoms with Crippen LogP contribution in [0.15, 0.2) is 0 Å². The van der Waals surface area contributed by atoms with E-state index in [1.54, 1.807) is 0 Å². The van der Waals surface area contributed by atoms with Crippen LogP contribution in [0.3, 0.4) is 0 Å². The van der Waals surface area contributed by atoms with Crippen LogP contribution >= 0.6 is 0 Å². The highest BCUT2D eigenvalue weighted by atomic mass is 28.4. The van der Waals surface area contributed by atoms with Crippen LogP contribution in [0.5, 0.6) is 0 Å². The van der Waals surface area contributed by atoms with Crippen LogP contribution in [-0.4, -0.2) is 28.5 Å². The molecule has 3 nitrogen and oxygen atoms in total. The van der Waals surface area contributed by atoms with Crippen LogP contribution < -0.4 is 0 Å². The van der Waals surface area contributed by atoms with Crippen molar-refractivity contribution >= 4 is 17.2 Å². The third kappa shape index (κ3) is 7.33. The highest BCUT2D eigenvalue weighted by Gasteiger charge is 2.27. The summed E-state index contributed by atoms with van der Waals surface area (Å²) in [6.45, 7) is 7.13. The molecule has 0 aliphatic heterocycles. The largest absolute Gasteiger partial charge is 0.351 e. The highest BCUT2D eigenvalue weighted by Crippen LogP contribution is 2.18. The van der Waals surface area contributed by atoms with Gasteiger partial charge >= 0.3 is 0 Å². The van der Waals surface area contributed by atoms with E-state index >= 15 is 0 Å². The molecule has 0 saturated carbocycles. The lowest BCUT2D eigenvalue weighted by Gasteiger charge is -2.37. The summed E-state index contributed by atoms with van der Waals surface area (Å²) in [6.07, 6.45) is 3.44. The van der Waals surface area contributed by atoms with Gasteiger partial charge in [0.15, 0.2) is 0 Å². The Labute approximate surface area is 109 Å².